The smallest absolute Gasteiger partial charge is 0.153 e. The summed E-state index contributed by atoms with van der Waals surface area (Å²) in [4.78, 5) is 4.28. The number of rotatable bonds is 3. The van der Waals surface area contributed by atoms with Gasteiger partial charge in [-0.05, 0) is 25.0 Å². The second kappa shape index (κ2) is 4.82. The molecule has 1 saturated heterocycles. The molecule has 0 saturated carbocycles. The summed E-state index contributed by atoms with van der Waals surface area (Å²) >= 11 is 0. The van der Waals surface area contributed by atoms with Gasteiger partial charge in [0.25, 0.3) is 0 Å². The molecule has 1 aromatic carbocycles. The molecule has 2 N–H and O–H groups in total. The van der Waals surface area contributed by atoms with E-state index in [1.165, 1.54) is 0 Å². The number of nitrogens with two attached hydrogens (primary N) is 1. The number of ether oxygens (including phenoxy) is 2. The molecule has 0 aliphatic carbocycles. The standard InChI is InChI=1S/C14H16N2O2/c15-12-8-16-13-6-2-1-5-11(13)14(12)18-9-10-4-3-7-17-10/h1-2,5-6,8,10H,3-4,7,9,15H2. The van der Waals surface area contributed by atoms with Gasteiger partial charge in [0.2, 0.25) is 0 Å². The first-order valence-electron chi connectivity index (χ1n) is 6.22. The molecule has 1 atom stereocenters. The Bertz CT molecular complexity index is 550. The van der Waals surface area contributed by atoms with E-state index in [2.05, 4.69) is 4.98 Å². The third-order valence-electron chi connectivity index (χ3n) is 3.19. The molecule has 18 heavy (non-hydrogen) atoms. The summed E-state index contributed by atoms with van der Waals surface area (Å²) in [5.74, 6) is 0.719. The Morgan fingerprint density at radius 3 is 3.11 bits per heavy atom. The van der Waals surface area contributed by atoms with Gasteiger partial charge in [-0.25, -0.2) is 0 Å². The highest BCUT2D eigenvalue weighted by Crippen LogP contribution is 2.30. The third-order valence-corrected chi connectivity index (χ3v) is 3.19. The first kappa shape index (κ1) is 11.3. The summed E-state index contributed by atoms with van der Waals surface area (Å²) in [5, 5.41) is 0.954. The lowest BCUT2D eigenvalue weighted by atomic mass is 10.2. The Balaban J connectivity index is 1.87. The van der Waals surface area contributed by atoms with Crippen LogP contribution in [0.1, 0.15) is 12.8 Å². The maximum atomic E-state index is 5.94. The molecule has 0 amide bonds. The molecule has 3 rings (SSSR count). The molecule has 2 heterocycles. The second-order valence-electron chi connectivity index (χ2n) is 4.51. The number of benzene rings is 1. The number of hydrogen-bond acceptors (Lipinski definition) is 4. The fourth-order valence-electron chi connectivity index (χ4n) is 2.24. The highest BCUT2D eigenvalue weighted by molar-refractivity contribution is 5.89. The fraction of sp³-hybridized carbons (Fsp3) is 0.357. The summed E-state index contributed by atoms with van der Waals surface area (Å²) in [7, 11) is 0. The fourth-order valence-corrected chi connectivity index (χ4v) is 2.24. The van der Waals surface area contributed by atoms with Crippen LogP contribution >= 0.6 is 0 Å². The van der Waals surface area contributed by atoms with Crippen LogP contribution in [0.2, 0.25) is 0 Å². The monoisotopic (exact) mass is 244 g/mol. The molecule has 1 aliphatic heterocycles. The molecule has 1 unspecified atom stereocenters. The van der Waals surface area contributed by atoms with E-state index in [9.17, 15) is 0 Å². The second-order valence-corrected chi connectivity index (χ2v) is 4.51. The highest BCUT2D eigenvalue weighted by Gasteiger charge is 2.17. The van der Waals surface area contributed by atoms with Crippen molar-refractivity contribution in [3.63, 3.8) is 0 Å². The van der Waals surface area contributed by atoms with E-state index in [1.54, 1.807) is 6.20 Å². The predicted molar refractivity (Wildman–Crippen MR) is 70.6 cm³/mol. The minimum atomic E-state index is 0.191. The van der Waals surface area contributed by atoms with Crippen LogP contribution in [-0.4, -0.2) is 24.3 Å². The summed E-state index contributed by atoms with van der Waals surface area (Å²) < 4.78 is 11.4. The van der Waals surface area contributed by atoms with Crippen molar-refractivity contribution < 1.29 is 9.47 Å². The van der Waals surface area contributed by atoms with Crippen LogP contribution in [0.4, 0.5) is 5.69 Å². The van der Waals surface area contributed by atoms with E-state index in [-0.39, 0.29) is 6.10 Å². The zero-order valence-electron chi connectivity index (χ0n) is 10.1. The van der Waals surface area contributed by atoms with Crippen molar-refractivity contribution in [2.75, 3.05) is 18.9 Å². The lowest BCUT2D eigenvalue weighted by molar-refractivity contribution is 0.0687. The number of fused-ring (bicyclic) bond motifs is 1. The molecule has 94 valence electrons. The average molecular weight is 244 g/mol. The van der Waals surface area contributed by atoms with E-state index in [0.717, 1.165) is 36.1 Å². The van der Waals surface area contributed by atoms with Crippen LogP contribution < -0.4 is 10.5 Å². The minimum Gasteiger partial charge on any atom is -0.488 e. The normalized spacial score (nSPS) is 19.2. The van der Waals surface area contributed by atoms with Crippen molar-refractivity contribution in [2.45, 2.75) is 18.9 Å². The van der Waals surface area contributed by atoms with Gasteiger partial charge in [0, 0.05) is 12.0 Å². The van der Waals surface area contributed by atoms with Crippen molar-refractivity contribution in [1.82, 2.24) is 4.98 Å². The van der Waals surface area contributed by atoms with Crippen molar-refractivity contribution in [2.24, 2.45) is 0 Å². The number of hydrogen-bond donors (Lipinski definition) is 1. The van der Waals surface area contributed by atoms with Crippen LogP contribution in [0, 0.1) is 0 Å². The quantitative estimate of drug-likeness (QED) is 0.900. The number of pyridine rings is 1. The Labute approximate surface area is 106 Å². The molecule has 0 spiro atoms. The zero-order chi connectivity index (χ0) is 12.4. The van der Waals surface area contributed by atoms with Gasteiger partial charge >= 0.3 is 0 Å². The Morgan fingerprint density at radius 2 is 2.28 bits per heavy atom. The SMILES string of the molecule is Nc1cnc2ccccc2c1OCC1CCCO1. The number of anilines is 1. The van der Waals surface area contributed by atoms with E-state index in [4.69, 9.17) is 15.2 Å². The molecular weight excluding hydrogens is 228 g/mol. The van der Waals surface area contributed by atoms with E-state index in [0.29, 0.717) is 12.3 Å². The van der Waals surface area contributed by atoms with Gasteiger partial charge < -0.3 is 15.2 Å². The molecule has 4 nitrogen and oxygen atoms in total. The molecule has 2 aromatic rings. The van der Waals surface area contributed by atoms with Gasteiger partial charge in [0.1, 0.15) is 6.61 Å². The van der Waals surface area contributed by atoms with Crippen molar-refractivity contribution in [1.29, 1.82) is 0 Å². The summed E-state index contributed by atoms with van der Waals surface area (Å²) in [6.07, 6.45) is 4.01. The molecule has 0 bridgehead atoms. The van der Waals surface area contributed by atoms with Crippen LogP contribution in [0.15, 0.2) is 30.5 Å². The van der Waals surface area contributed by atoms with Gasteiger partial charge in [-0.1, -0.05) is 12.1 Å². The molecular formula is C14H16N2O2. The van der Waals surface area contributed by atoms with Gasteiger partial charge in [0.05, 0.1) is 23.5 Å². The van der Waals surface area contributed by atoms with E-state index >= 15 is 0 Å². The van der Waals surface area contributed by atoms with Gasteiger partial charge in [-0.2, -0.15) is 0 Å². The average Bonchev–Trinajstić information content (AvgIpc) is 2.91. The molecule has 4 heteroatoms. The molecule has 0 radical (unpaired) electrons. The maximum Gasteiger partial charge on any atom is 0.153 e. The lowest BCUT2D eigenvalue weighted by Gasteiger charge is -2.14. The minimum absolute atomic E-state index is 0.191. The van der Waals surface area contributed by atoms with Crippen LogP contribution in [-0.2, 0) is 4.74 Å². The Kier molecular flexibility index (Phi) is 3.02. The first-order valence-corrected chi connectivity index (χ1v) is 6.22. The summed E-state index contributed by atoms with van der Waals surface area (Å²) in [6.45, 7) is 1.39. The van der Waals surface area contributed by atoms with E-state index in [1.807, 2.05) is 24.3 Å². The third kappa shape index (κ3) is 2.11. The number of para-hydroxylation sites is 1. The summed E-state index contributed by atoms with van der Waals surface area (Å²) in [5.41, 5.74) is 7.42. The summed E-state index contributed by atoms with van der Waals surface area (Å²) in [6, 6.07) is 7.84. The van der Waals surface area contributed by atoms with Crippen LogP contribution in [0.5, 0.6) is 5.75 Å². The van der Waals surface area contributed by atoms with Crippen molar-refractivity contribution in [3.8, 4) is 5.75 Å². The predicted octanol–water partition coefficient (Wildman–Crippen LogP) is 2.37. The lowest BCUT2D eigenvalue weighted by Crippen LogP contribution is -2.17. The van der Waals surface area contributed by atoms with Crippen molar-refractivity contribution in [3.05, 3.63) is 30.5 Å². The zero-order valence-corrected chi connectivity index (χ0v) is 10.1. The van der Waals surface area contributed by atoms with Crippen LogP contribution in [0.25, 0.3) is 10.9 Å². The highest BCUT2D eigenvalue weighted by atomic mass is 16.5. The molecule has 1 aromatic heterocycles. The Hall–Kier alpha value is -1.81. The Morgan fingerprint density at radius 1 is 1.39 bits per heavy atom. The van der Waals surface area contributed by atoms with E-state index < -0.39 is 0 Å². The first-order chi connectivity index (χ1) is 8.84. The largest absolute Gasteiger partial charge is 0.488 e. The number of nitrogen functional groups attached to an aromatic ring is 1. The molecule has 1 fully saturated rings. The van der Waals surface area contributed by atoms with Crippen molar-refractivity contribution >= 4 is 16.6 Å². The number of aromatic nitrogens is 1. The maximum absolute atomic E-state index is 5.94. The van der Waals surface area contributed by atoms with Gasteiger partial charge in [-0.3, -0.25) is 4.98 Å². The molecule has 1 aliphatic rings. The number of nitrogens with zero attached hydrogens (tertiary/aromatic N) is 1. The topological polar surface area (TPSA) is 57.4 Å². The van der Waals surface area contributed by atoms with Gasteiger partial charge in [-0.15, -0.1) is 0 Å². The van der Waals surface area contributed by atoms with Gasteiger partial charge in [0.15, 0.2) is 5.75 Å². The van der Waals surface area contributed by atoms with Crippen LogP contribution in [0.3, 0.4) is 0 Å².